The Labute approximate surface area is 94.5 Å². The lowest BCUT2D eigenvalue weighted by Gasteiger charge is -2.04. The van der Waals surface area contributed by atoms with Crippen molar-refractivity contribution in [1.82, 2.24) is 0 Å². The zero-order valence-electron chi connectivity index (χ0n) is 8.30. The third-order valence-electron chi connectivity index (χ3n) is 2.19. The summed E-state index contributed by atoms with van der Waals surface area (Å²) in [6.07, 6.45) is 3.66. The van der Waals surface area contributed by atoms with E-state index in [4.69, 9.17) is 21.1 Å². The van der Waals surface area contributed by atoms with Crippen molar-refractivity contribution < 1.29 is 9.47 Å². The zero-order valence-corrected chi connectivity index (χ0v) is 9.06. The van der Waals surface area contributed by atoms with Gasteiger partial charge in [-0.1, -0.05) is 36.4 Å². The first-order valence-corrected chi connectivity index (χ1v) is 5.48. The van der Waals surface area contributed by atoms with Gasteiger partial charge in [-0.15, -0.1) is 11.6 Å². The minimum atomic E-state index is -0.256. The number of hydrogen-bond donors (Lipinski definition) is 0. The van der Waals surface area contributed by atoms with Crippen LogP contribution in [-0.4, -0.2) is 24.9 Å². The van der Waals surface area contributed by atoms with Gasteiger partial charge in [0, 0.05) is 0 Å². The van der Waals surface area contributed by atoms with Gasteiger partial charge in [-0.25, -0.2) is 0 Å². The van der Waals surface area contributed by atoms with E-state index in [0.29, 0.717) is 12.5 Å². The molecule has 1 aliphatic heterocycles. The molecule has 0 amide bonds. The molecule has 1 aliphatic rings. The van der Waals surface area contributed by atoms with Crippen LogP contribution in [0.15, 0.2) is 36.4 Å². The molecule has 15 heavy (non-hydrogen) atoms. The number of alkyl halides is 1. The monoisotopic (exact) mass is 224 g/mol. The molecular weight excluding hydrogens is 212 g/mol. The second kappa shape index (κ2) is 5.31. The van der Waals surface area contributed by atoms with Crippen LogP contribution in [0.5, 0.6) is 0 Å². The third kappa shape index (κ3) is 3.06. The molecule has 1 heterocycles. The molecule has 0 bridgehead atoms. The summed E-state index contributed by atoms with van der Waals surface area (Å²) in [5, 5.41) is 0. The lowest BCUT2D eigenvalue weighted by molar-refractivity contribution is -0.0149. The zero-order chi connectivity index (χ0) is 10.5. The Bertz CT molecular complexity index is 324. The van der Waals surface area contributed by atoms with E-state index in [1.54, 1.807) is 0 Å². The molecule has 2 atom stereocenters. The standard InChI is InChI=1S/C12H13ClO2/c13-8-11-9-14-12(15-11)7-6-10-4-2-1-3-5-10/h1-7,11-12H,8-9H2/b7-6+/t11-,12-/m0/s1. The van der Waals surface area contributed by atoms with Gasteiger partial charge < -0.3 is 9.47 Å². The fraction of sp³-hybridized carbons (Fsp3) is 0.333. The van der Waals surface area contributed by atoms with Crippen molar-refractivity contribution in [3.8, 4) is 0 Å². The van der Waals surface area contributed by atoms with E-state index in [1.165, 1.54) is 0 Å². The summed E-state index contributed by atoms with van der Waals surface area (Å²) in [6, 6.07) is 10.0. The van der Waals surface area contributed by atoms with Crippen LogP contribution >= 0.6 is 11.6 Å². The molecule has 3 heteroatoms. The summed E-state index contributed by atoms with van der Waals surface area (Å²) in [6.45, 7) is 0.577. The summed E-state index contributed by atoms with van der Waals surface area (Å²) in [4.78, 5) is 0. The quantitative estimate of drug-likeness (QED) is 0.735. The molecular formula is C12H13ClO2. The van der Waals surface area contributed by atoms with Gasteiger partial charge in [-0.3, -0.25) is 0 Å². The first kappa shape index (κ1) is 10.7. The number of benzene rings is 1. The first-order valence-electron chi connectivity index (χ1n) is 4.95. The van der Waals surface area contributed by atoms with Gasteiger partial charge in [0.1, 0.15) is 0 Å². The minimum absolute atomic E-state index is 0.0251. The maximum atomic E-state index is 5.66. The Hall–Kier alpha value is -0.830. The van der Waals surface area contributed by atoms with Crippen LogP contribution in [0.4, 0.5) is 0 Å². The van der Waals surface area contributed by atoms with Gasteiger partial charge in [-0.2, -0.15) is 0 Å². The predicted octanol–water partition coefficient (Wildman–Crippen LogP) is 2.68. The van der Waals surface area contributed by atoms with Crippen LogP contribution in [-0.2, 0) is 9.47 Å². The largest absolute Gasteiger partial charge is 0.346 e. The minimum Gasteiger partial charge on any atom is -0.346 e. The van der Waals surface area contributed by atoms with E-state index in [9.17, 15) is 0 Å². The Balaban J connectivity index is 1.90. The van der Waals surface area contributed by atoms with Crippen LogP contribution in [0, 0.1) is 0 Å². The SMILES string of the molecule is ClC[C@H]1CO[C@H](/C=C/c2ccccc2)O1. The van der Waals surface area contributed by atoms with Crippen molar-refractivity contribution in [2.24, 2.45) is 0 Å². The highest BCUT2D eigenvalue weighted by atomic mass is 35.5. The van der Waals surface area contributed by atoms with E-state index < -0.39 is 0 Å². The van der Waals surface area contributed by atoms with E-state index >= 15 is 0 Å². The number of halogens is 1. The van der Waals surface area contributed by atoms with Gasteiger partial charge in [0.25, 0.3) is 0 Å². The number of ether oxygens (including phenoxy) is 2. The first-order chi connectivity index (χ1) is 7.38. The molecule has 0 N–H and O–H groups in total. The molecule has 2 nitrogen and oxygen atoms in total. The summed E-state index contributed by atoms with van der Waals surface area (Å²) in [7, 11) is 0. The van der Waals surface area contributed by atoms with Crippen LogP contribution in [0.3, 0.4) is 0 Å². The van der Waals surface area contributed by atoms with Gasteiger partial charge in [-0.05, 0) is 11.6 Å². The highest BCUT2D eigenvalue weighted by Crippen LogP contribution is 2.15. The maximum absolute atomic E-state index is 5.66. The predicted molar refractivity (Wildman–Crippen MR) is 60.8 cm³/mol. The van der Waals surface area contributed by atoms with E-state index in [2.05, 4.69) is 0 Å². The second-order valence-electron chi connectivity index (χ2n) is 3.38. The van der Waals surface area contributed by atoms with Crippen molar-refractivity contribution in [2.45, 2.75) is 12.4 Å². The van der Waals surface area contributed by atoms with Gasteiger partial charge in [0.15, 0.2) is 6.29 Å². The molecule has 0 radical (unpaired) electrons. The van der Waals surface area contributed by atoms with Crippen molar-refractivity contribution in [3.05, 3.63) is 42.0 Å². The van der Waals surface area contributed by atoms with Crippen molar-refractivity contribution in [1.29, 1.82) is 0 Å². The Kier molecular flexibility index (Phi) is 3.78. The summed E-state index contributed by atoms with van der Waals surface area (Å²) in [5.74, 6) is 0.482. The molecule has 2 rings (SSSR count). The summed E-state index contributed by atoms with van der Waals surface area (Å²) < 4.78 is 10.9. The molecule has 0 saturated carbocycles. The normalized spacial score (nSPS) is 26.2. The summed E-state index contributed by atoms with van der Waals surface area (Å²) >= 11 is 5.66. The van der Waals surface area contributed by atoms with Crippen LogP contribution < -0.4 is 0 Å². The highest BCUT2D eigenvalue weighted by Gasteiger charge is 2.22. The van der Waals surface area contributed by atoms with Crippen molar-refractivity contribution >= 4 is 17.7 Å². The van der Waals surface area contributed by atoms with E-state index in [0.717, 1.165) is 5.56 Å². The van der Waals surface area contributed by atoms with Crippen LogP contribution in [0.1, 0.15) is 5.56 Å². The van der Waals surface area contributed by atoms with E-state index in [-0.39, 0.29) is 12.4 Å². The van der Waals surface area contributed by atoms with E-state index in [1.807, 2.05) is 42.5 Å². The molecule has 0 unspecified atom stereocenters. The molecule has 0 aliphatic carbocycles. The summed E-state index contributed by atoms with van der Waals surface area (Å²) in [5.41, 5.74) is 1.14. The molecule has 1 aromatic carbocycles. The topological polar surface area (TPSA) is 18.5 Å². The molecule has 0 aromatic heterocycles. The third-order valence-corrected chi connectivity index (χ3v) is 2.53. The second-order valence-corrected chi connectivity index (χ2v) is 3.69. The molecule has 0 spiro atoms. The fourth-order valence-corrected chi connectivity index (χ4v) is 1.57. The highest BCUT2D eigenvalue weighted by molar-refractivity contribution is 6.18. The Morgan fingerprint density at radius 3 is 2.80 bits per heavy atom. The average Bonchev–Trinajstić information content (AvgIpc) is 2.76. The smallest absolute Gasteiger partial charge is 0.177 e. The lowest BCUT2D eigenvalue weighted by Crippen LogP contribution is -2.12. The van der Waals surface area contributed by atoms with Crippen molar-refractivity contribution in [2.75, 3.05) is 12.5 Å². The Morgan fingerprint density at radius 1 is 1.33 bits per heavy atom. The van der Waals surface area contributed by atoms with Crippen LogP contribution in [0.2, 0.25) is 0 Å². The van der Waals surface area contributed by atoms with Gasteiger partial charge >= 0.3 is 0 Å². The number of hydrogen-bond acceptors (Lipinski definition) is 2. The fourth-order valence-electron chi connectivity index (χ4n) is 1.41. The maximum Gasteiger partial charge on any atom is 0.177 e. The van der Waals surface area contributed by atoms with Crippen LogP contribution in [0.25, 0.3) is 6.08 Å². The Morgan fingerprint density at radius 2 is 2.13 bits per heavy atom. The van der Waals surface area contributed by atoms with Crippen molar-refractivity contribution in [3.63, 3.8) is 0 Å². The number of rotatable bonds is 3. The van der Waals surface area contributed by atoms with Gasteiger partial charge in [0.2, 0.25) is 0 Å². The lowest BCUT2D eigenvalue weighted by atomic mass is 10.2. The van der Waals surface area contributed by atoms with Gasteiger partial charge in [0.05, 0.1) is 18.6 Å². The molecule has 1 fully saturated rings. The average molecular weight is 225 g/mol. The molecule has 1 aromatic rings. The molecule has 1 saturated heterocycles. The molecule has 80 valence electrons.